The maximum atomic E-state index is 12.4. The first-order chi connectivity index (χ1) is 13.5. The van der Waals surface area contributed by atoms with Crippen LogP contribution in [0.2, 0.25) is 0 Å². The summed E-state index contributed by atoms with van der Waals surface area (Å²) in [6.45, 7) is 11.4. The third kappa shape index (κ3) is 5.77. The Bertz CT molecular complexity index is 660. The van der Waals surface area contributed by atoms with Gasteiger partial charge in [0.05, 0.1) is 19.8 Å². The molecule has 2 aliphatic rings. The number of morpholine rings is 1. The molecule has 0 atom stereocenters. The molecule has 1 N–H and O–H groups in total. The van der Waals surface area contributed by atoms with Gasteiger partial charge < -0.3 is 19.9 Å². The lowest BCUT2D eigenvalue weighted by atomic mass is 10.1. The maximum Gasteiger partial charge on any atom is 0.238 e. The fraction of sp³-hybridized carbons (Fsp3) is 0.619. The van der Waals surface area contributed by atoms with Crippen molar-refractivity contribution in [2.24, 2.45) is 0 Å². The minimum Gasteiger partial charge on any atom is -0.378 e. The highest BCUT2D eigenvalue weighted by Crippen LogP contribution is 2.19. The number of nitrogens with one attached hydrogen (secondary N) is 1. The first-order valence-corrected chi connectivity index (χ1v) is 10.2. The maximum absolute atomic E-state index is 12.4. The summed E-state index contributed by atoms with van der Waals surface area (Å²) in [6, 6.07) is 6.03. The minimum absolute atomic E-state index is 0.0355. The van der Waals surface area contributed by atoms with Crippen LogP contribution >= 0.6 is 0 Å². The van der Waals surface area contributed by atoms with E-state index in [-0.39, 0.29) is 11.8 Å². The molecule has 0 unspecified atom stereocenters. The van der Waals surface area contributed by atoms with Crippen molar-refractivity contribution in [2.45, 2.75) is 20.3 Å². The van der Waals surface area contributed by atoms with E-state index in [0.717, 1.165) is 49.5 Å². The van der Waals surface area contributed by atoms with Crippen molar-refractivity contribution in [3.63, 3.8) is 0 Å². The number of amides is 2. The second kappa shape index (κ2) is 10.0. The molecule has 0 spiro atoms. The van der Waals surface area contributed by atoms with Gasteiger partial charge in [-0.25, -0.2) is 0 Å². The number of carbonyl (C=O) groups is 2. The summed E-state index contributed by atoms with van der Waals surface area (Å²) >= 11 is 0. The second-order valence-corrected chi connectivity index (χ2v) is 7.68. The van der Waals surface area contributed by atoms with E-state index < -0.39 is 0 Å². The Labute approximate surface area is 167 Å². The molecular formula is C21H32N4O3. The normalized spacial score (nSPS) is 18.9. The average Bonchev–Trinajstić information content (AvgIpc) is 2.71. The van der Waals surface area contributed by atoms with E-state index in [2.05, 4.69) is 15.1 Å². The quantitative estimate of drug-likeness (QED) is 0.791. The zero-order valence-electron chi connectivity index (χ0n) is 17.1. The van der Waals surface area contributed by atoms with Crippen LogP contribution in [0.4, 0.5) is 5.69 Å². The molecule has 0 aliphatic carbocycles. The third-order valence-corrected chi connectivity index (χ3v) is 5.58. The van der Waals surface area contributed by atoms with E-state index in [1.807, 2.05) is 36.9 Å². The summed E-state index contributed by atoms with van der Waals surface area (Å²) < 4.78 is 5.30. The first-order valence-electron chi connectivity index (χ1n) is 10.2. The molecule has 2 fully saturated rings. The molecule has 2 saturated heterocycles. The Morgan fingerprint density at radius 3 is 2.21 bits per heavy atom. The van der Waals surface area contributed by atoms with E-state index in [4.69, 9.17) is 4.74 Å². The number of hydrogen-bond donors (Lipinski definition) is 1. The molecule has 7 nitrogen and oxygen atoms in total. The SMILES string of the molecule is Cc1cccc(C)c1NC(=O)CN1CCN(CCC(=O)N2CCOCC2)CC1. The van der Waals surface area contributed by atoms with E-state index in [1.165, 1.54) is 0 Å². The molecular weight excluding hydrogens is 356 g/mol. The molecule has 0 bridgehead atoms. The molecule has 2 aliphatic heterocycles. The summed E-state index contributed by atoms with van der Waals surface area (Å²) in [4.78, 5) is 31.1. The number of carbonyl (C=O) groups excluding carboxylic acids is 2. The summed E-state index contributed by atoms with van der Waals surface area (Å²) in [7, 11) is 0. The van der Waals surface area contributed by atoms with Gasteiger partial charge in [0.2, 0.25) is 11.8 Å². The van der Waals surface area contributed by atoms with Gasteiger partial charge in [-0.1, -0.05) is 18.2 Å². The summed E-state index contributed by atoms with van der Waals surface area (Å²) in [6.07, 6.45) is 0.563. The summed E-state index contributed by atoms with van der Waals surface area (Å²) in [5.74, 6) is 0.257. The van der Waals surface area contributed by atoms with Crippen LogP contribution in [-0.2, 0) is 14.3 Å². The van der Waals surface area contributed by atoms with Crippen LogP contribution in [-0.4, -0.2) is 92.1 Å². The number of rotatable bonds is 6. The highest BCUT2D eigenvalue weighted by atomic mass is 16.5. The second-order valence-electron chi connectivity index (χ2n) is 7.68. The van der Waals surface area contributed by atoms with Crippen LogP contribution in [0, 0.1) is 13.8 Å². The lowest BCUT2D eigenvalue weighted by Gasteiger charge is -2.34. The molecule has 7 heteroatoms. The Morgan fingerprint density at radius 2 is 1.57 bits per heavy atom. The van der Waals surface area contributed by atoms with Crippen LogP contribution in [0.1, 0.15) is 17.5 Å². The molecule has 1 aromatic carbocycles. The van der Waals surface area contributed by atoms with Crippen molar-refractivity contribution in [2.75, 3.05) is 70.9 Å². The molecule has 2 amide bonds. The number of aryl methyl sites for hydroxylation is 2. The molecule has 28 heavy (non-hydrogen) atoms. The number of benzene rings is 1. The van der Waals surface area contributed by atoms with Crippen LogP contribution in [0.15, 0.2) is 18.2 Å². The van der Waals surface area contributed by atoms with Gasteiger partial charge in [-0.2, -0.15) is 0 Å². The molecule has 0 aromatic heterocycles. The van der Waals surface area contributed by atoms with E-state index in [9.17, 15) is 9.59 Å². The van der Waals surface area contributed by atoms with Crippen molar-refractivity contribution >= 4 is 17.5 Å². The monoisotopic (exact) mass is 388 g/mol. The van der Waals surface area contributed by atoms with E-state index >= 15 is 0 Å². The van der Waals surface area contributed by atoms with Gasteiger partial charge in [0.1, 0.15) is 0 Å². The van der Waals surface area contributed by atoms with Gasteiger partial charge in [0.15, 0.2) is 0 Å². The number of nitrogens with zero attached hydrogens (tertiary/aromatic N) is 3. The molecule has 0 radical (unpaired) electrons. The van der Waals surface area contributed by atoms with Gasteiger partial charge in [-0.15, -0.1) is 0 Å². The standard InChI is InChI=1S/C21H32N4O3/c1-17-4-3-5-18(2)21(17)22-19(26)16-24-10-8-23(9-11-24)7-6-20(27)25-12-14-28-15-13-25/h3-5H,6-16H2,1-2H3,(H,22,26). The smallest absolute Gasteiger partial charge is 0.238 e. The fourth-order valence-corrected chi connectivity index (χ4v) is 3.79. The van der Waals surface area contributed by atoms with Crippen molar-refractivity contribution in [3.05, 3.63) is 29.3 Å². The topological polar surface area (TPSA) is 65.1 Å². The molecule has 154 valence electrons. The van der Waals surface area contributed by atoms with Crippen molar-refractivity contribution < 1.29 is 14.3 Å². The van der Waals surface area contributed by atoms with Crippen LogP contribution in [0.3, 0.4) is 0 Å². The number of ether oxygens (including phenoxy) is 1. The number of piperazine rings is 1. The molecule has 2 heterocycles. The predicted molar refractivity (Wildman–Crippen MR) is 109 cm³/mol. The zero-order valence-corrected chi connectivity index (χ0v) is 17.1. The van der Waals surface area contributed by atoms with Crippen LogP contribution in [0.5, 0.6) is 0 Å². The fourth-order valence-electron chi connectivity index (χ4n) is 3.79. The lowest BCUT2D eigenvalue weighted by molar-refractivity contribution is -0.135. The highest BCUT2D eigenvalue weighted by Gasteiger charge is 2.22. The van der Waals surface area contributed by atoms with E-state index in [0.29, 0.717) is 39.3 Å². The minimum atomic E-state index is 0.0355. The van der Waals surface area contributed by atoms with Gasteiger partial charge in [-0.3, -0.25) is 14.5 Å². The Balaban J connectivity index is 1.37. The van der Waals surface area contributed by atoms with Gasteiger partial charge >= 0.3 is 0 Å². The number of hydrogen-bond acceptors (Lipinski definition) is 5. The lowest BCUT2D eigenvalue weighted by Crippen LogP contribution is -2.49. The average molecular weight is 389 g/mol. The van der Waals surface area contributed by atoms with Gasteiger partial charge in [0, 0.05) is 57.9 Å². The van der Waals surface area contributed by atoms with Crippen molar-refractivity contribution in [3.8, 4) is 0 Å². The summed E-state index contributed by atoms with van der Waals surface area (Å²) in [5, 5.41) is 3.06. The van der Waals surface area contributed by atoms with Crippen LogP contribution in [0.25, 0.3) is 0 Å². The highest BCUT2D eigenvalue weighted by molar-refractivity contribution is 5.93. The predicted octanol–water partition coefficient (Wildman–Crippen LogP) is 1.11. The molecule has 3 rings (SSSR count). The Kier molecular flexibility index (Phi) is 7.42. The van der Waals surface area contributed by atoms with E-state index in [1.54, 1.807) is 0 Å². The van der Waals surface area contributed by atoms with Crippen molar-refractivity contribution in [1.82, 2.24) is 14.7 Å². The largest absolute Gasteiger partial charge is 0.378 e. The van der Waals surface area contributed by atoms with Gasteiger partial charge in [0.25, 0.3) is 0 Å². The Morgan fingerprint density at radius 1 is 0.964 bits per heavy atom. The third-order valence-electron chi connectivity index (χ3n) is 5.58. The first kappa shape index (κ1) is 20.8. The van der Waals surface area contributed by atoms with Gasteiger partial charge in [-0.05, 0) is 25.0 Å². The Hall–Kier alpha value is -1.96. The zero-order chi connectivity index (χ0) is 19.9. The molecule has 0 saturated carbocycles. The summed E-state index contributed by atoms with van der Waals surface area (Å²) in [5.41, 5.74) is 3.10. The van der Waals surface area contributed by atoms with Crippen molar-refractivity contribution in [1.29, 1.82) is 0 Å². The number of anilines is 1. The van der Waals surface area contributed by atoms with Crippen LogP contribution < -0.4 is 5.32 Å². The molecule has 1 aromatic rings. The number of para-hydroxylation sites is 1.